The van der Waals surface area contributed by atoms with Crippen molar-refractivity contribution in [3.05, 3.63) is 120 Å². The Morgan fingerprint density at radius 1 is 0.537 bits per heavy atom. The number of hydrogen-bond acceptors (Lipinski definition) is 7. The van der Waals surface area contributed by atoms with E-state index in [1.807, 2.05) is 48.5 Å². The lowest BCUT2D eigenvalue weighted by molar-refractivity contribution is 0.339. The average molecular weight is 565 g/mol. The predicted octanol–water partition coefficient (Wildman–Crippen LogP) is 6.50. The molecule has 0 fully saturated rings. The predicted molar refractivity (Wildman–Crippen MR) is 164 cm³/mol. The van der Waals surface area contributed by atoms with Crippen LogP contribution in [0.25, 0.3) is 21.6 Å². The summed E-state index contributed by atoms with van der Waals surface area (Å²) < 4.78 is 10.3. The summed E-state index contributed by atoms with van der Waals surface area (Å²) in [5.41, 5.74) is 17.1. The van der Waals surface area contributed by atoms with Gasteiger partial charge in [-0.2, -0.15) is 0 Å². The zero-order valence-corrected chi connectivity index (χ0v) is 23.3. The Labute approximate surface area is 242 Å². The fourth-order valence-corrected chi connectivity index (χ4v) is 4.79. The standard InChI is InChI=1S/C32H28N4O4S/c1-37-26-11-15-28(16-12-26)39-35-31(33)23-7-3-21(4-8-23)25-19-30(41-20-25)22-5-9-24(10-6-22)32(34)36-40-29-17-13-27(38-2)14-18-29/h3-20H,1-2H3,(H2,33,35)(H2,34,36). The molecule has 0 radical (unpaired) electrons. The normalized spacial score (nSPS) is 11.7. The maximum atomic E-state index is 6.13. The molecule has 4 N–H and O–H groups in total. The zero-order chi connectivity index (χ0) is 28.6. The van der Waals surface area contributed by atoms with Crippen LogP contribution in [0.2, 0.25) is 0 Å². The number of rotatable bonds is 10. The summed E-state index contributed by atoms with van der Waals surface area (Å²) >= 11 is 1.67. The summed E-state index contributed by atoms with van der Waals surface area (Å²) in [5, 5.41) is 10.2. The minimum absolute atomic E-state index is 0.288. The molecular formula is C32H28N4O4S. The van der Waals surface area contributed by atoms with E-state index < -0.39 is 0 Å². The Morgan fingerprint density at radius 2 is 0.951 bits per heavy atom. The molecule has 0 saturated carbocycles. The highest BCUT2D eigenvalue weighted by Crippen LogP contribution is 2.33. The van der Waals surface area contributed by atoms with Crippen molar-refractivity contribution in [3.63, 3.8) is 0 Å². The lowest BCUT2D eigenvalue weighted by Gasteiger charge is -2.05. The van der Waals surface area contributed by atoms with Crippen LogP contribution >= 0.6 is 11.3 Å². The molecule has 0 aliphatic heterocycles. The minimum Gasteiger partial charge on any atom is -0.497 e. The Balaban J connectivity index is 1.21. The van der Waals surface area contributed by atoms with Gasteiger partial charge in [-0.15, -0.1) is 11.3 Å². The largest absolute Gasteiger partial charge is 0.497 e. The third-order valence-electron chi connectivity index (χ3n) is 6.20. The summed E-state index contributed by atoms with van der Waals surface area (Å²) in [6.45, 7) is 0. The highest BCUT2D eigenvalue weighted by molar-refractivity contribution is 7.14. The highest BCUT2D eigenvalue weighted by Gasteiger charge is 2.08. The van der Waals surface area contributed by atoms with E-state index in [9.17, 15) is 0 Å². The van der Waals surface area contributed by atoms with E-state index in [1.54, 1.807) is 74.1 Å². The van der Waals surface area contributed by atoms with E-state index in [0.29, 0.717) is 11.5 Å². The van der Waals surface area contributed by atoms with Crippen molar-refractivity contribution in [2.45, 2.75) is 0 Å². The van der Waals surface area contributed by atoms with E-state index >= 15 is 0 Å². The Kier molecular flexibility index (Phi) is 8.46. The van der Waals surface area contributed by atoms with Gasteiger partial charge in [0.25, 0.3) is 0 Å². The molecule has 1 aromatic heterocycles. The lowest BCUT2D eigenvalue weighted by Crippen LogP contribution is -2.14. The van der Waals surface area contributed by atoms with Crippen molar-refractivity contribution in [3.8, 4) is 44.6 Å². The van der Waals surface area contributed by atoms with E-state index in [2.05, 4.69) is 21.8 Å². The number of nitrogens with two attached hydrogens (primary N) is 2. The fourth-order valence-electron chi connectivity index (χ4n) is 3.86. The van der Waals surface area contributed by atoms with Gasteiger partial charge < -0.3 is 30.6 Å². The summed E-state index contributed by atoms with van der Waals surface area (Å²) in [6.07, 6.45) is 0. The minimum atomic E-state index is 0.288. The number of ether oxygens (including phenoxy) is 2. The van der Waals surface area contributed by atoms with Gasteiger partial charge in [0.2, 0.25) is 0 Å². The second-order valence-electron chi connectivity index (χ2n) is 8.84. The number of thiophene rings is 1. The molecule has 206 valence electrons. The first-order chi connectivity index (χ1) is 20.0. The van der Waals surface area contributed by atoms with Crippen molar-refractivity contribution in [1.82, 2.24) is 0 Å². The van der Waals surface area contributed by atoms with Crippen molar-refractivity contribution < 1.29 is 19.1 Å². The molecule has 0 atom stereocenters. The first-order valence-electron chi connectivity index (χ1n) is 12.6. The molecule has 8 nitrogen and oxygen atoms in total. The van der Waals surface area contributed by atoms with Crippen LogP contribution in [0, 0.1) is 0 Å². The molecule has 0 aliphatic rings. The Morgan fingerprint density at radius 3 is 1.39 bits per heavy atom. The van der Waals surface area contributed by atoms with Gasteiger partial charge in [-0.3, -0.25) is 0 Å². The quantitative estimate of drug-likeness (QED) is 0.114. The van der Waals surface area contributed by atoms with Gasteiger partial charge in [0.05, 0.1) is 14.2 Å². The zero-order valence-electron chi connectivity index (χ0n) is 22.5. The molecule has 0 spiro atoms. The molecule has 4 aromatic carbocycles. The summed E-state index contributed by atoms with van der Waals surface area (Å²) in [7, 11) is 3.22. The topological polar surface area (TPSA) is 114 Å². The number of amidine groups is 2. The number of hydrogen-bond donors (Lipinski definition) is 2. The molecule has 0 bridgehead atoms. The molecule has 9 heteroatoms. The molecule has 41 heavy (non-hydrogen) atoms. The third kappa shape index (κ3) is 6.84. The molecule has 0 aliphatic carbocycles. The third-order valence-corrected chi connectivity index (χ3v) is 7.18. The number of benzene rings is 4. The fraction of sp³-hybridized carbons (Fsp3) is 0.0625. The van der Waals surface area contributed by atoms with Crippen LogP contribution in [0.3, 0.4) is 0 Å². The molecule has 5 aromatic rings. The van der Waals surface area contributed by atoms with Crippen LogP contribution in [-0.4, -0.2) is 25.9 Å². The van der Waals surface area contributed by atoms with E-state index in [0.717, 1.165) is 44.2 Å². The monoisotopic (exact) mass is 564 g/mol. The van der Waals surface area contributed by atoms with Gasteiger partial charge in [0.1, 0.15) is 11.5 Å². The van der Waals surface area contributed by atoms with Crippen LogP contribution in [0.4, 0.5) is 0 Å². The Hall–Kier alpha value is -5.28. The van der Waals surface area contributed by atoms with Gasteiger partial charge in [-0.25, -0.2) is 0 Å². The first kappa shape index (κ1) is 27.3. The van der Waals surface area contributed by atoms with Gasteiger partial charge in [0, 0.05) is 16.0 Å². The molecule has 5 rings (SSSR count). The number of nitrogens with zero attached hydrogens (tertiary/aromatic N) is 2. The first-order valence-corrected chi connectivity index (χ1v) is 13.5. The van der Waals surface area contributed by atoms with Gasteiger partial charge in [0.15, 0.2) is 23.2 Å². The van der Waals surface area contributed by atoms with Crippen LogP contribution in [0.5, 0.6) is 23.0 Å². The summed E-state index contributed by atoms with van der Waals surface area (Å²) in [4.78, 5) is 12.0. The Bertz CT molecular complexity index is 1520. The van der Waals surface area contributed by atoms with Gasteiger partial charge in [-0.05, 0) is 76.7 Å². The van der Waals surface area contributed by atoms with Crippen LogP contribution < -0.4 is 30.6 Å². The second-order valence-corrected chi connectivity index (χ2v) is 9.75. The van der Waals surface area contributed by atoms with Crippen molar-refractivity contribution in [2.75, 3.05) is 14.2 Å². The van der Waals surface area contributed by atoms with Gasteiger partial charge in [-0.1, -0.05) is 58.8 Å². The highest BCUT2D eigenvalue weighted by atomic mass is 32.1. The van der Waals surface area contributed by atoms with Crippen LogP contribution in [0.1, 0.15) is 11.1 Å². The second kappa shape index (κ2) is 12.7. The van der Waals surface area contributed by atoms with E-state index in [1.165, 1.54) is 0 Å². The number of oxime groups is 2. The molecular weight excluding hydrogens is 536 g/mol. The van der Waals surface area contributed by atoms with Gasteiger partial charge >= 0.3 is 0 Å². The van der Waals surface area contributed by atoms with Crippen molar-refractivity contribution >= 4 is 23.0 Å². The molecule has 0 amide bonds. The van der Waals surface area contributed by atoms with Crippen LogP contribution in [0.15, 0.2) is 119 Å². The molecule has 1 heterocycles. The molecule has 0 unspecified atom stereocenters. The number of methoxy groups -OCH3 is 2. The van der Waals surface area contributed by atoms with Crippen molar-refractivity contribution in [2.24, 2.45) is 21.8 Å². The van der Waals surface area contributed by atoms with Crippen LogP contribution in [-0.2, 0) is 0 Å². The van der Waals surface area contributed by atoms with E-state index in [4.69, 9.17) is 30.6 Å². The SMILES string of the molecule is COc1ccc(O/N=C(\N)c2ccc(-c3cc(-c4ccc(/C(N)=N\Oc5ccc(OC)cc5)cc4)cs3)cc2)cc1. The summed E-state index contributed by atoms with van der Waals surface area (Å²) in [6, 6.07) is 32.2. The van der Waals surface area contributed by atoms with E-state index in [-0.39, 0.29) is 11.7 Å². The smallest absolute Gasteiger partial charge is 0.170 e. The maximum absolute atomic E-state index is 6.13. The lowest BCUT2D eigenvalue weighted by atomic mass is 10.0. The average Bonchev–Trinajstić information content (AvgIpc) is 3.53. The molecule has 0 saturated heterocycles. The summed E-state index contributed by atoms with van der Waals surface area (Å²) in [5.74, 6) is 3.20. The maximum Gasteiger partial charge on any atom is 0.170 e. The van der Waals surface area contributed by atoms with Crippen molar-refractivity contribution in [1.29, 1.82) is 0 Å².